The second kappa shape index (κ2) is 3.50. The highest BCUT2D eigenvalue weighted by atomic mass is 16.4. The van der Waals surface area contributed by atoms with E-state index in [9.17, 15) is 14.4 Å². The van der Waals surface area contributed by atoms with E-state index < -0.39 is 17.3 Å². The zero-order valence-electron chi connectivity index (χ0n) is 7.80. The summed E-state index contributed by atoms with van der Waals surface area (Å²) in [6, 6.07) is 2.75. The van der Waals surface area contributed by atoms with Gasteiger partial charge >= 0.3 is 17.3 Å². The van der Waals surface area contributed by atoms with Crippen LogP contribution in [0.25, 0.3) is 5.69 Å². The van der Waals surface area contributed by atoms with E-state index in [4.69, 9.17) is 5.11 Å². The first-order valence-corrected chi connectivity index (χ1v) is 4.19. The van der Waals surface area contributed by atoms with Crippen LogP contribution in [0.1, 0.15) is 10.5 Å². The molecule has 0 bridgehead atoms. The summed E-state index contributed by atoms with van der Waals surface area (Å²) in [5, 5.41) is 12.9. The van der Waals surface area contributed by atoms with Crippen LogP contribution in [0, 0.1) is 0 Å². The Labute approximate surface area is 87.2 Å². The van der Waals surface area contributed by atoms with Crippen molar-refractivity contribution < 1.29 is 9.90 Å². The number of carbonyl (C=O) groups is 1. The molecule has 82 valence electrons. The zero-order valence-corrected chi connectivity index (χ0v) is 7.80. The second-order valence-electron chi connectivity index (χ2n) is 2.87. The Hall–Kier alpha value is -2.64. The minimum atomic E-state index is -1.32. The van der Waals surface area contributed by atoms with Gasteiger partial charge in [0.2, 0.25) is 0 Å². The third-order valence-corrected chi connectivity index (χ3v) is 1.91. The monoisotopic (exact) mass is 222 g/mol. The molecule has 0 spiro atoms. The fourth-order valence-corrected chi connectivity index (χ4v) is 1.27. The van der Waals surface area contributed by atoms with Gasteiger partial charge in [-0.15, -0.1) is 0 Å². The van der Waals surface area contributed by atoms with Crippen molar-refractivity contribution >= 4 is 5.97 Å². The lowest BCUT2D eigenvalue weighted by atomic mass is 10.3. The lowest BCUT2D eigenvalue weighted by Crippen LogP contribution is -2.26. The SMILES string of the molecule is O=C(O)c1ncccc1-n1c(=O)[nH][nH]c1=O. The highest BCUT2D eigenvalue weighted by Gasteiger charge is 2.16. The summed E-state index contributed by atoms with van der Waals surface area (Å²) in [5.41, 5.74) is -1.95. The van der Waals surface area contributed by atoms with Gasteiger partial charge in [0.25, 0.3) is 0 Å². The Morgan fingerprint density at radius 1 is 1.31 bits per heavy atom. The summed E-state index contributed by atoms with van der Waals surface area (Å²) >= 11 is 0. The van der Waals surface area contributed by atoms with Crippen molar-refractivity contribution in [2.45, 2.75) is 0 Å². The van der Waals surface area contributed by atoms with Gasteiger partial charge in [-0.25, -0.2) is 34.1 Å². The molecule has 3 N–H and O–H groups in total. The van der Waals surface area contributed by atoms with E-state index in [2.05, 4.69) is 15.2 Å². The molecular weight excluding hydrogens is 216 g/mol. The Balaban J connectivity index is 2.79. The van der Waals surface area contributed by atoms with Crippen LogP contribution in [-0.2, 0) is 0 Å². The number of H-pyrrole nitrogens is 2. The molecule has 2 heterocycles. The molecule has 0 aliphatic carbocycles. The fourth-order valence-electron chi connectivity index (χ4n) is 1.27. The molecule has 2 aromatic rings. The van der Waals surface area contributed by atoms with Crippen LogP contribution in [0.2, 0.25) is 0 Å². The van der Waals surface area contributed by atoms with Crippen molar-refractivity contribution in [3.8, 4) is 5.69 Å². The molecule has 0 fully saturated rings. The van der Waals surface area contributed by atoms with Crippen molar-refractivity contribution in [3.05, 3.63) is 45.0 Å². The maximum absolute atomic E-state index is 11.3. The van der Waals surface area contributed by atoms with Crippen LogP contribution in [0.15, 0.2) is 27.9 Å². The number of hydrogen-bond acceptors (Lipinski definition) is 4. The Bertz CT molecular complexity index is 623. The van der Waals surface area contributed by atoms with Crippen LogP contribution < -0.4 is 11.4 Å². The molecule has 8 nitrogen and oxygen atoms in total. The number of pyridine rings is 1. The summed E-state index contributed by atoms with van der Waals surface area (Å²) in [7, 11) is 0. The van der Waals surface area contributed by atoms with Gasteiger partial charge < -0.3 is 5.11 Å². The number of carboxylic acid groups (broad SMARTS) is 1. The molecule has 8 heteroatoms. The fraction of sp³-hybridized carbons (Fsp3) is 0. The summed E-state index contributed by atoms with van der Waals surface area (Å²) in [6.07, 6.45) is 1.26. The molecular formula is C8H6N4O4. The van der Waals surface area contributed by atoms with Crippen LogP contribution >= 0.6 is 0 Å². The summed E-state index contributed by atoms with van der Waals surface area (Å²) in [6.45, 7) is 0. The molecule has 16 heavy (non-hydrogen) atoms. The van der Waals surface area contributed by atoms with E-state index in [1.165, 1.54) is 18.3 Å². The molecule has 0 aliphatic heterocycles. The van der Waals surface area contributed by atoms with E-state index in [-0.39, 0.29) is 11.4 Å². The van der Waals surface area contributed by atoms with E-state index in [0.29, 0.717) is 4.57 Å². The molecule has 0 atom stereocenters. The normalized spacial score (nSPS) is 10.2. The third-order valence-electron chi connectivity index (χ3n) is 1.91. The van der Waals surface area contributed by atoms with Gasteiger partial charge in [0.05, 0.1) is 5.69 Å². The largest absolute Gasteiger partial charge is 0.476 e. The van der Waals surface area contributed by atoms with E-state index in [0.717, 1.165) is 0 Å². The number of nitrogens with one attached hydrogen (secondary N) is 2. The first kappa shape index (κ1) is 9.90. The van der Waals surface area contributed by atoms with Crippen LogP contribution in [0.4, 0.5) is 0 Å². The standard InChI is InChI=1S/C8H6N4O4/c13-6(14)5-4(2-1-3-9-5)12-7(15)10-11-8(12)16/h1-3H,(H,10,15)(H,11,16)(H,13,14). The quantitative estimate of drug-likeness (QED) is 0.598. The van der Waals surface area contributed by atoms with Crippen LogP contribution in [0.5, 0.6) is 0 Å². The van der Waals surface area contributed by atoms with Gasteiger partial charge in [-0.1, -0.05) is 0 Å². The van der Waals surface area contributed by atoms with Crippen molar-refractivity contribution in [1.29, 1.82) is 0 Å². The summed E-state index contributed by atoms with van der Waals surface area (Å²) in [4.78, 5) is 37.0. The van der Waals surface area contributed by atoms with E-state index >= 15 is 0 Å². The predicted octanol–water partition coefficient (Wildman–Crippen LogP) is -1.05. The number of nitrogens with zero attached hydrogens (tertiary/aromatic N) is 2. The Morgan fingerprint density at radius 2 is 1.94 bits per heavy atom. The summed E-state index contributed by atoms with van der Waals surface area (Å²) < 4.78 is 0.663. The first-order chi connectivity index (χ1) is 7.61. The van der Waals surface area contributed by atoms with Gasteiger partial charge in [-0.3, -0.25) is 0 Å². The average molecular weight is 222 g/mol. The van der Waals surface area contributed by atoms with Crippen molar-refractivity contribution in [1.82, 2.24) is 19.7 Å². The predicted molar refractivity (Wildman–Crippen MR) is 51.8 cm³/mol. The molecule has 0 saturated heterocycles. The topological polar surface area (TPSA) is 121 Å². The number of carboxylic acids is 1. The number of hydrogen-bond donors (Lipinski definition) is 3. The molecule has 0 saturated carbocycles. The Morgan fingerprint density at radius 3 is 2.50 bits per heavy atom. The van der Waals surface area contributed by atoms with Crippen molar-refractivity contribution in [3.63, 3.8) is 0 Å². The minimum Gasteiger partial charge on any atom is -0.476 e. The maximum atomic E-state index is 11.3. The molecule has 0 radical (unpaired) electrons. The molecule has 0 aromatic carbocycles. The highest BCUT2D eigenvalue weighted by molar-refractivity contribution is 5.89. The van der Waals surface area contributed by atoms with Gasteiger partial charge in [-0.05, 0) is 12.1 Å². The van der Waals surface area contributed by atoms with E-state index in [1.54, 1.807) is 0 Å². The Kier molecular flexibility index (Phi) is 2.16. The van der Waals surface area contributed by atoms with Crippen LogP contribution in [0.3, 0.4) is 0 Å². The lowest BCUT2D eigenvalue weighted by molar-refractivity contribution is 0.0690. The second-order valence-corrected chi connectivity index (χ2v) is 2.87. The van der Waals surface area contributed by atoms with Gasteiger partial charge in [-0.2, -0.15) is 0 Å². The van der Waals surface area contributed by atoms with Gasteiger partial charge in [0, 0.05) is 6.20 Å². The molecule has 0 unspecified atom stereocenters. The molecule has 2 rings (SSSR count). The highest BCUT2D eigenvalue weighted by Crippen LogP contribution is 2.06. The smallest absolute Gasteiger partial charge is 0.356 e. The zero-order chi connectivity index (χ0) is 11.7. The number of aromatic nitrogens is 4. The number of aromatic amines is 2. The number of rotatable bonds is 2. The molecule has 2 aromatic heterocycles. The first-order valence-electron chi connectivity index (χ1n) is 4.19. The van der Waals surface area contributed by atoms with Crippen molar-refractivity contribution in [2.75, 3.05) is 0 Å². The van der Waals surface area contributed by atoms with Gasteiger partial charge in [0.1, 0.15) is 0 Å². The minimum absolute atomic E-state index is 0.0810. The van der Waals surface area contributed by atoms with Crippen molar-refractivity contribution in [2.24, 2.45) is 0 Å². The average Bonchev–Trinajstić information content (AvgIpc) is 2.58. The maximum Gasteiger partial charge on any atom is 0.356 e. The van der Waals surface area contributed by atoms with Gasteiger partial charge in [0.15, 0.2) is 5.69 Å². The molecule has 0 amide bonds. The summed E-state index contributed by atoms with van der Waals surface area (Å²) in [5.74, 6) is -1.32. The lowest BCUT2D eigenvalue weighted by Gasteiger charge is -2.01. The number of aromatic carboxylic acids is 1. The van der Waals surface area contributed by atoms with E-state index in [1.807, 2.05) is 0 Å². The molecule has 0 aliphatic rings. The van der Waals surface area contributed by atoms with Crippen LogP contribution in [-0.4, -0.2) is 30.8 Å². The third kappa shape index (κ3) is 1.41.